The molecule has 0 radical (unpaired) electrons. The van der Waals surface area contributed by atoms with Gasteiger partial charge in [-0.05, 0) is 49.4 Å². The Bertz CT molecular complexity index is 1410. The van der Waals surface area contributed by atoms with Gasteiger partial charge in [0, 0.05) is 11.6 Å². The van der Waals surface area contributed by atoms with E-state index in [9.17, 15) is 27.2 Å². The minimum atomic E-state index is -1.78. The summed E-state index contributed by atoms with van der Waals surface area (Å²) in [5, 5.41) is 1.70. The summed E-state index contributed by atoms with van der Waals surface area (Å²) in [5.74, 6) is -7.82. The van der Waals surface area contributed by atoms with Gasteiger partial charge >= 0.3 is 5.97 Å². The van der Waals surface area contributed by atoms with Crippen LogP contribution in [0.15, 0.2) is 48.5 Å². The van der Waals surface area contributed by atoms with Crippen LogP contribution in [0.1, 0.15) is 17.3 Å². The molecule has 0 saturated carbocycles. The maximum absolute atomic E-state index is 13.8. The molecule has 1 aromatic heterocycles. The number of nitrogens with zero attached hydrogens (tertiary/aromatic N) is 1. The van der Waals surface area contributed by atoms with Crippen molar-refractivity contribution < 1.29 is 36.6 Å². The fourth-order valence-corrected chi connectivity index (χ4v) is 3.21. The van der Waals surface area contributed by atoms with Gasteiger partial charge in [0.2, 0.25) is 0 Å². The van der Waals surface area contributed by atoms with Gasteiger partial charge in [-0.2, -0.15) is 0 Å². The molecule has 180 valence electrons. The summed E-state index contributed by atoms with van der Waals surface area (Å²) < 4.78 is 64.4. The summed E-state index contributed by atoms with van der Waals surface area (Å²) in [6.45, 7) is 1.13. The highest BCUT2D eigenvalue weighted by molar-refractivity contribution is 5.98. The van der Waals surface area contributed by atoms with E-state index in [0.29, 0.717) is 22.6 Å². The number of fused-ring (bicyclic) bond motifs is 1. The van der Waals surface area contributed by atoms with Crippen molar-refractivity contribution in [1.82, 2.24) is 9.97 Å². The smallest absolute Gasteiger partial charge is 0.338 e. The second kappa shape index (κ2) is 9.45. The molecule has 0 fully saturated rings. The van der Waals surface area contributed by atoms with Crippen molar-refractivity contribution in [3.05, 3.63) is 77.4 Å². The first kappa shape index (κ1) is 23.7. The lowest BCUT2D eigenvalue weighted by Crippen LogP contribution is -2.31. The van der Waals surface area contributed by atoms with E-state index in [-0.39, 0.29) is 11.6 Å². The molecule has 4 rings (SSSR count). The van der Waals surface area contributed by atoms with Crippen LogP contribution in [0.2, 0.25) is 0 Å². The second-order valence-electron chi connectivity index (χ2n) is 7.43. The normalized spacial score (nSPS) is 11.8. The summed E-state index contributed by atoms with van der Waals surface area (Å²) in [7, 11) is 1.55. The molecular formula is C24H17F4N3O4. The number of hydrogen-bond donors (Lipinski definition) is 2. The van der Waals surface area contributed by atoms with E-state index in [1.807, 2.05) is 12.1 Å². The number of aromatic amines is 1. The molecule has 4 aromatic rings. The van der Waals surface area contributed by atoms with Gasteiger partial charge in [-0.1, -0.05) is 0 Å². The van der Waals surface area contributed by atoms with Crippen LogP contribution in [0.5, 0.6) is 5.75 Å². The molecule has 11 heteroatoms. The number of esters is 1. The number of anilines is 1. The summed E-state index contributed by atoms with van der Waals surface area (Å²) in [5.41, 5.74) is 0.611. The average molecular weight is 487 g/mol. The van der Waals surface area contributed by atoms with Crippen molar-refractivity contribution in [2.24, 2.45) is 0 Å². The van der Waals surface area contributed by atoms with Gasteiger partial charge in [-0.15, -0.1) is 0 Å². The lowest BCUT2D eigenvalue weighted by molar-refractivity contribution is -0.123. The highest BCUT2D eigenvalue weighted by atomic mass is 19.2. The third kappa shape index (κ3) is 4.79. The Hall–Kier alpha value is -4.41. The molecule has 0 bridgehead atoms. The van der Waals surface area contributed by atoms with E-state index in [4.69, 9.17) is 9.47 Å². The number of methoxy groups -OCH3 is 1. The number of aromatic nitrogens is 2. The predicted octanol–water partition coefficient (Wildman–Crippen LogP) is 4.98. The van der Waals surface area contributed by atoms with Crippen molar-refractivity contribution in [3.8, 4) is 17.1 Å². The SMILES string of the molecule is COc1ccc(-c2nc3ccc(C(=O)OC(C)C(=O)Nc4c(F)c(F)cc(F)c4F)cc3[nH]2)cc1. The van der Waals surface area contributed by atoms with Crippen LogP contribution in [-0.2, 0) is 9.53 Å². The molecule has 1 atom stereocenters. The monoisotopic (exact) mass is 487 g/mol. The van der Waals surface area contributed by atoms with Crippen molar-refractivity contribution in [3.63, 3.8) is 0 Å². The largest absolute Gasteiger partial charge is 0.497 e. The zero-order chi connectivity index (χ0) is 25.3. The number of carbonyl (C=O) groups excluding carboxylic acids is 2. The van der Waals surface area contributed by atoms with Crippen LogP contribution in [0.25, 0.3) is 22.4 Å². The van der Waals surface area contributed by atoms with Gasteiger partial charge in [0.1, 0.15) is 17.3 Å². The van der Waals surface area contributed by atoms with Crippen molar-refractivity contribution in [1.29, 1.82) is 0 Å². The maximum Gasteiger partial charge on any atom is 0.338 e. The number of hydrogen-bond acceptors (Lipinski definition) is 5. The fraction of sp³-hybridized carbons (Fsp3) is 0.125. The molecule has 7 nitrogen and oxygen atoms in total. The molecule has 1 amide bonds. The summed E-state index contributed by atoms with van der Waals surface area (Å²) in [4.78, 5) is 32.3. The molecule has 0 aliphatic carbocycles. The molecule has 0 aliphatic heterocycles. The molecule has 35 heavy (non-hydrogen) atoms. The molecule has 1 unspecified atom stereocenters. The maximum atomic E-state index is 13.8. The summed E-state index contributed by atoms with van der Waals surface area (Å²) >= 11 is 0. The highest BCUT2D eigenvalue weighted by Gasteiger charge is 2.25. The number of benzene rings is 3. The minimum absolute atomic E-state index is 0.00936. The van der Waals surface area contributed by atoms with E-state index in [2.05, 4.69) is 9.97 Å². The molecular weight excluding hydrogens is 470 g/mol. The zero-order valence-corrected chi connectivity index (χ0v) is 18.3. The van der Waals surface area contributed by atoms with Crippen LogP contribution >= 0.6 is 0 Å². The zero-order valence-electron chi connectivity index (χ0n) is 18.3. The standard InChI is InChI=1S/C24H17F4N3O4/c1-11(23(32)31-21-19(27)15(25)10-16(26)20(21)28)35-24(33)13-5-8-17-18(9-13)30-22(29-17)12-3-6-14(34-2)7-4-12/h3-11H,1-2H3,(H,29,30)(H,31,32). The number of carbonyl (C=O) groups is 2. The Balaban J connectivity index is 1.48. The number of imidazole rings is 1. The van der Waals surface area contributed by atoms with Gasteiger partial charge in [0.05, 0.1) is 23.7 Å². The summed E-state index contributed by atoms with van der Waals surface area (Å²) in [6.07, 6.45) is -1.54. The molecule has 0 saturated heterocycles. The van der Waals surface area contributed by atoms with Gasteiger partial charge in [0.15, 0.2) is 29.4 Å². The van der Waals surface area contributed by atoms with Crippen LogP contribution in [0.4, 0.5) is 23.2 Å². The number of rotatable bonds is 6. The van der Waals surface area contributed by atoms with Crippen LogP contribution < -0.4 is 10.1 Å². The molecule has 3 aromatic carbocycles. The number of amides is 1. The van der Waals surface area contributed by atoms with E-state index in [1.165, 1.54) is 12.1 Å². The van der Waals surface area contributed by atoms with Crippen molar-refractivity contribution in [2.75, 3.05) is 12.4 Å². The molecule has 0 spiro atoms. The topological polar surface area (TPSA) is 93.3 Å². The number of ether oxygens (including phenoxy) is 2. The second-order valence-corrected chi connectivity index (χ2v) is 7.43. The van der Waals surface area contributed by atoms with Gasteiger partial charge in [-0.3, -0.25) is 4.79 Å². The minimum Gasteiger partial charge on any atom is -0.497 e. The van der Waals surface area contributed by atoms with Crippen molar-refractivity contribution in [2.45, 2.75) is 13.0 Å². The Labute approximate surface area is 195 Å². The Kier molecular flexibility index (Phi) is 6.41. The number of nitrogens with one attached hydrogen (secondary N) is 2. The average Bonchev–Trinajstić information content (AvgIpc) is 3.28. The number of halogens is 4. The van der Waals surface area contributed by atoms with E-state index in [1.54, 1.807) is 30.6 Å². The lowest BCUT2D eigenvalue weighted by Gasteiger charge is -2.14. The first-order valence-electron chi connectivity index (χ1n) is 10.2. The fourth-order valence-electron chi connectivity index (χ4n) is 3.21. The predicted molar refractivity (Wildman–Crippen MR) is 118 cm³/mol. The first-order valence-corrected chi connectivity index (χ1v) is 10.2. The highest BCUT2D eigenvalue weighted by Crippen LogP contribution is 2.25. The van der Waals surface area contributed by atoms with Gasteiger partial charge < -0.3 is 19.8 Å². The summed E-state index contributed by atoms with van der Waals surface area (Å²) in [6, 6.07) is 11.6. The third-order valence-electron chi connectivity index (χ3n) is 5.09. The molecule has 0 aliphatic rings. The third-order valence-corrected chi connectivity index (χ3v) is 5.09. The van der Waals surface area contributed by atoms with Crippen LogP contribution in [0, 0.1) is 23.3 Å². The van der Waals surface area contributed by atoms with Gasteiger partial charge in [-0.25, -0.2) is 27.3 Å². The van der Waals surface area contributed by atoms with Gasteiger partial charge in [0.25, 0.3) is 5.91 Å². The Morgan fingerprint density at radius 2 is 1.63 bits per heavy atom. The molecule has 1 heterocycles. The van der Waals surface area contributed by atoms with Crippen LogP contribution in [-0.4, -0.2) is 35.1 Å². The van der Waals surface area contributed by atoms with Crippen LogP contribution in [0.3, 0.4) is 0 Å². The first-order chi connectivity index (χ1) is 16.7. The number of H-pyrrole nitrogens is 1. The van der Waals surface area contributed by atoms with Crippen molar-refractivity contribution >= 4 is 28.6 Å². The van der Waals surface area contributed by atoms with E-state index >= 15 is 0 Å². The lowest BCUT2D eigenvalue weighted by atomic mass is 10.2. The quantitative estimate of drug-likeness (QED) is 0.227. The Morgan fingerprint density at radius 3 is 2.26 bits per heavy atom. The van der Waals surface area contributed by atoms with E-state index < -0.39 is 46.9 Å². The van der Waals surface area contributed by atoms with E-state index in [0.717, 1.165) is 12.5 Å². The Morgan fingerprint density at radius 1 is 0.971 bits per heavy atom. The molecule has 2 N–H and O–H groups in total.